The van der Waals surface area contributed by atoms with Crippen LogP contribution < -0.4 is 10.1 Å². The summed E-state index contributed by atoms with van der Waals surface area (Å²) >= 11 is 3.52. The van der Waals surface area contributed by atoms with E-state index >= 15 is 0 Å². The Labute approximate surface area is 144 Å². The Morgan fingerprint density at radius 1 is 1.26 bits per heavy atom. The van der Waals surface area contributed by atoms with E-state index in [1.54, 1.807) is 18.2 Å². The van der Waals surface area contributed by atoms with Crippen molar-refractivity contribution in [2.75, 3.05) is 5.32 Å². The zero-order valence-electron chi connectivity index (χ0n) is 13.4. The number of hydrogen-bond acceptors (Lipinski definition) is 3. The SMILES string of the molecule is Cc1ccc(C(=O)O)cc1NCc1ccc(OC(C)C)c(Br)c1. The Morgan fingerprint density at radius 3 is 2.61 bits per heavy atom. The largest absolute Gasteiger partial charge is 0.490 e. The fourth-order valence-corrected chi connectivity index (χ4v) is 2.67. The van der Waals surface area contributed by atoms with Gasteiger partial charge in [0, 0.05) is 12.2 Å². The lowest BCUT2D eigenvalue weighted by Crippen LogP contribution is -2.07. The molecule has 0 unspecified atom stereocenters. The van der Waals surface area contributed by atoms with Crippen molar-refractivity contribution in [1.82, 2.24) is 0 Å². The van der Waals surface area contributed by atoms with E-state index in [1.165, 1.54) is 0 Å². The van der Waals surface area contributed by atoms with Crippen molar-refractivity contribution in [2.45, 2.75) is 33.4 Å². The van der Waals surface area contributed by atoms with Crippen LogP contribution >= 0.6 is 15.9 Å². The van der Waals surface area contributed by atoms with Crippen LogP contribution in [-0.2, 0) is 6.54 Å². The van der Waals surface area contributed by atoms with Crippen LogP contribution in [0.15, 0.2) is 40.9 Å². The Bertz CT molecular complexity index is 713. The molecule has 0 radical (unpaired) electrons. The summed E-state index contributed by atoms with van der Waals surface area (Å²) in [5.41, 5.74) is 3.19. The number of carbonyl (C=O) groups is 1. The van der Waals surface area contributed by atoms with E-state index in [-0.39, 0.29) is 11.7 Å². The van der Waals surface area contributed by atoms with Crippen LogP contribution in [0, 0.1) is 6.92 Å². The summed E-state index contributed by atoms with van der Waals surface area (Å²) in [5, 5.41) is 12.4. The Morgan fingerprint density at radius 2 is 2.00 bits per heavy atom. The molecule has 0 aliphatic carbocycles. The van der Waals surface area contributed by atoms with Crippen molar-refractivity contribution in [3.8, 4) is 5.75 Å². The highest BCUT2D eigenvalue weighted by molar-refractivity contribution is 9.10. The van der Waals surface area contributed by atoms with E-state index in [0.717, 1.165) is 27.0 Å². The van der Waals surface area contributed by atoms with Gasteiger partial charge in [-0.05, 0) is 72.1 Å². The number of hydrogen-bond donors (Lipinski definition) is 2. The van der Waals surface area contributed by atoms with Gasteiger partial charge in [-0.25, -0.2) is 4.79 Å². The van der Waals surface area contributed by atoms with Crippen LogP contribution in [0.2, 0.25) is 0 Å². The molecule has 0 aliphatic heterocycles. The van der Waals surface area contributed by atoms with E-state index in [1.807, 2.05) is 39.0 Å². The molecule has 0 bridgehead atoms. The summed E-state index contributed by atoms with van der Waals surface area (Å²) in [6, 6.07) is 11.0. The molecule has 2 aromatic carbocycles. The van der Waals surface area contributed by atoms with Crippen LogP contribution in [0.3, 0.4) is 0 Å². The summed E-state index contributed by atoms with van der Waals surface area (Å²) in [6.45, 7) is 6.52. The molecule has 0 aliphatic rings. The molecular weight excluding hydrogens is 358 g/mol. The van der Waals surface area contributed by atoms with Gasteiger partial charge in [0.2, 0.25) is 0 Å². The van der Waals surface area contributed by atoms with E-state index in [0.29, 0.717) is 6.54 Å². The van der Waals surface area contributed by atoms with Gasteiger partial charge in [0.05, 0.1) is 16.1 Å². The number of halogens is 1. The van der Waals surface area contributed by atoms with Gasteiger partial charge in [-0.15, -0.1) is 0 Å². The molecule has 0 saturated heterocycles. The predicted molar refractivity (Wildman–Crippen MR) is 95.4 cm³/mol. The predicted octanol–water partition coefficient (Wildman–Crippen LogP) is 4.86. The Hall–Kier alpha value is -2.01. The van der Waals surface area contributed by atoms with E-state index < -0.39 is 5.97 Å². The highest BCUT2D eigenvalue weighted by Crippen LogP contribution is 2.27. The zero-order valence-corrected chi connectivity index (χ0v) is 15.0. The third-order valence-electron chi connectivity index (χ3n) is 3.33. The highest BCUT2D eigenvalue weighted by atomic mass is 79.9. The first kappa shape index (κ1) is 17.3. The third kappa shape index (κ3) is 4.73. The maximum absolute atomic E-state index is 11.1. The zero-order chi connectivity index (χ0) is 17.0. The quantitative estimate of drug-likeness (QED) is 0.754. The summed E-state index contributed by atoms with van der Waals surface area (Å²) in [6.07, 6.45) is 0.122. The first-order valence-electron chi connectivity index (χ1n) is 7.39. The van der Waals surface area contributed by atoms with Crippen molar-refractivity contribution in [3.05, 3.63) is 57.6 Å². The van der Waals surface area contributed by atoms with E-state index in [9.17, 15) is 4.79 Å². The van der Waals surface area contributed by atoms with Crippen LogP contribution in [0.1, 0.15) is 35.3 Å². The molecule has 0 aromatic heterocycles. The number of aryl methyl sites for hydroxylation is 1. The summed E-state index contributed by atoms with van der Waals surface area (Å²) in [5.74, 6) is -0.112. The molecule has 0 atom stereocenters. The summed E-state index contributed by atoms with van der Waals surface area (Å²) in [4.78, 5) is 11.1. The van der Waals surface area contributed by atoms with E-state index in [2.05, 4.69) is 21.2 Å². The maximum atomic E-state index is 11.1. The number of ether oxygens (including phenoxy) is 1. The lowest BCUT2D eigenvalue weighted by molar-refractivity contribution is 0.0697. The molecule has 0 spiro atoms. The number of rotatable bonds is 6. The van der Waals surface area contributed by atoms with Crippen molar-refractivity contribution in [1.29, 1.82) is 0 Å². The number of aromatic carboxylic acids is 1. The average molecular weight is 378 g/mol. The molecule has 122 valence electrons. The molecule has 0 amide bonds. The second-order valence-corrected chi connectivity index (χ2v) is 6.47. The first-order valence-corrected chi connectivity index (χ1v) is 8.19. The first-order chi connectivity index (χ1) is 10.9. The summed E-state index contributed by atoms with van der Waals surface area (Å²) < 4.78 is 6.60. The van der Waals surface area contributed by atoms with Crippen LogP contribution in [0.5, 0.6) is 5.75 Å². The minimum atomic E-state index is -0.925. The van der Waals surface area contributed by atoms with Gasteiger partial charge in [0.15, 0.2) is 0 Å². The molecule has 0 heterocycles. The van der Waals surface area contributed by atoms with Crippen LogP contribution in [0.25, 0.3) is 0 Å². The molecule has 2 N–H and O–H groups in total. The van der Waals surface area contributed by atoms with Crippen molar-refractivity contribution >= 4 is 27.6 Å². The van der Waals surface area contributed by atoms with Gasteiger partial charge < -0.3 is 15.2 Å². The highest BCUT2D eigenvalue weighted by Gasteiger charge is 2.08. The van der Waals surface area contributed by atoms with Gasteiger partial charge in [0.25, 0.3) is 0 Å². The van der Waals surface area contributed by atoms with Crippen LogP contribution in [-0.4, -0.2) is 17.2 Å². The summed E-state index contributed by atoms with van der Waals surface area (Å²) in [7, 11) is 0. The third-order valence-corrected chi connectivity index (χ3v) is 3.95. The molecule has 4 nitrogen and oxygen atoms in total. The van der Waals surface area contributed by atoms with Gasteiger partial charge >= 0.3 is 5.97 Å². The molecular formula is C18H20BrNO3. The molecule has 0 fully saturated rings. The average Bonchev–Trinajstić information content (AvgIpc) is 2.48. The molecule has 2 aromatic rings. The smallest absolute Gasteiger partial charge is 0.335 e. The van der Waals surface area contributed by atoms with Gasteiger partial charge in [-0.1, -0.05) is 12.1 Å². The molecule has 0 saturated carbocycles. The lowest BCUT2D eigenvalue weighted by Gasteiger charge is -2.14. The van der Waals surface area contributed by atoms with Gasteiger partial charge in [0.1, 0.15) is 5.75 Å². The topological polar surface area (TPSA) is 58.6 Å². The molecule has 2 rings (SSSR count). The van der Waals surface area contributed by atoms with Crippen LogP contribution in [0.4, 0.5) is 5.69 Å². The second-order valence-electron chi connectivity index (χ2n) is 5.62. The van der Waals surface area contributed by atoms with Crippen molar-refractivity contribution in [2.24, 2.45) is 0 Å². The van der Waals surface area contributed by atoms with Gasteiger partial charge in [-0.3, -0.25) is 0 Å². The number of carboxylic acids is 1. The molecule has 5 heteroatoms. The van der Waals surface area contributed by atoms with Crippen molar-refractivity contribution < 1.29 is 14.6 Å². The second kappa shape index (κ2) is 7.51. The number of nitrogens with one attached hydrogen (secondary N) is 1. The fraction of sp³-hybridized carbons (Fsp3) is 0.278. The fourth-order valence-electron chi connectivity index (χ4n) is 2.15. The number of anilines is 1. The standard InChI is InChI=1S/C18H20BrNO3/c1-11(2)23-17-7-5-13(8-15(17)19)10-20-16-9-14(18(21)22)6-4-12(16)3/h4-9,11,20H,10H2,1-3H3,(H,21,22). The number of carboxylic acid groups (broad SMARTS) is 1. The Kier molecular flexibility index (Phi) is 5.66. The monoisotopic (exact) mass is 377 g/mol. The lowest BCUT2D eigenvalue weighted by atomic mass is 10.1. The van der Waals surface area contributed by atoms with Crippen molar-refractivity contribution in [3.63, 3.8) is 0 Å². The normalized spacial score (nSPS) is 10.7. The molecule has 23 heavy (non-hydrogen) atoms. The Balaban J connectivity index is 2.10. The minimum Gasteiger partial charge on any atom is -0.490 e. The minimum absolute atomic E-state index is 0.122. The number of benzene rings is 2. The van der Waals surface area contributed by atoms with E-state index in [4.69, 9.17) is 9.84 Å². The van der Waals surface area contributed by atoms with Gasteiger partial charge in [-0.2, -0.15) is 0 Å². The maximum Gasteiger partial charge on any atom is 0.335 e.